The lowest BCUT2D eigenvalue weighted by atomic mass is 9.94. The number of carbonyl (C=O) groups is 4. The Balaban J connectivity index is 1.96. The largest absolute Gasteiger partial charge is 0.495 e. The highest BCUT2D eigenvalue weighted by Crippen LogP contribution is 2.27. The summed E-state index contributed by atoms with van der Waals surface area (Å²) in [5.74, 6) is -1.27. The van der Waals surface area contributed by atoms with E-state index in [9.17, 15) is 19.2 Å². The van der Waals surface area contributed by atoms with Gasteiger partial charge in [-0.05, 0) is 63.1 Å². The van der Waals surface area contributed by atoms with Crippen LogP contribution in [0.1, 0.15) is 57.9 Å². The molecule has 2 heterocycles. The zero-order valence-corrected chi connectivity index (χ0v) is 22.4. The van der Waals surface area contributed by atoms with Crippen LogP contribution in [-0.4, -0.2) is 77.6 Å². The number of rotatable bonds is 8. The van der Waals surface area contributed by atoms with E-state index in [1.54, 1.807) is 32.0 Å². The maximum atomic E-state index is 13.8. The number of ether oxygens (including phenoxy) is 1. The first kappa shape index (κ1) is 28.7. The Bertz CT molecular complexity index is 1020. The molecule has 37 heavy (non-hydrogen) atoms. The van der Waals surface area contributed by atoms with Crippen LogP contribution in [0.25, 0.3) is 0 Å². The van der Waals surface area contributed by atoms with Crippen molar-refractivity contribution in [1.29, 1.82) is 0 Å². The minimum Gasteiger partial charge on any atom is -0.495 e. The lowest BCUT2D eigenvalue weighted by Crippen LogP contribution is -2.65. The molecule has 4 atom stereocenters. The monoisotopic (exact) mass is 536 g/mol. The van der Waals surface area contributed by atoms with Gasteiger partial charge in [-0.3, -0.25) is 19.2 Å². The Morgan fingerprint density at radius 3 is 2.57 bits per heavy atom. The summed E-state index contributed by atoms with van der Waals surface area (Å²) >= 11 is 6.16. The molecule has 10 nitrogen and oxygen atoms in total. The second kappa shape index (κ2) is 12.6. The Hall–Kier alpha value is -2.85. The van der Waals surface area contributed by atoms with Crippen molar-refractivity contribution in [1.82, 2.24) is 20.9 Å². The first-order chi connectivity index (χ1) is 17.6. The molecule has 0 unspecified atom stereocenters. The van der Waals surface area contributed by atoms with E-state index in [0.717, 1.165) is 5.56 Å². The molecular formula is C26H37ClN4O6. The van der Waals surface area contributed by atoms with Crippen LogP contribution >= 0.6 is 11.6 Å². The Labute approximate surface area is 222 Å². The lowest BCUT2D eigenvalue weighted by Gasteiger charge is -2.36. The van der Waals surface area contributed by atoms with Gasteiger partial charge in [-0.25, -0.2) is 0 Å². The molecule has 2 saturated heterocycles. The van der Waals surface area contributed by atoms with Gasteiger partial charge in [0.05, 0.1) is 12.1 Å². The highest BCUT2D eigenvalue weighted by atomic mass is 35.5. The van der Waals surface area contributed by atoms with Crippen molar-refractivity contribution in [3.8, 4) is 5.75 Å². The van der Waals surface area contributed by atoms with Crippen LogP contribution in [0.3, 0.4) is 0 Å². The number of benzene rings is 1. The predicted molar refractivity (Wildman–Crippen MR) is 138 cm³/mol. The van der Waals surface area contributed by atoms with Crippen molar-refractivity contribution < 1.29 is 29.0 Å². The summed E-state index contributed by atoms with van der Waals surface area (Å²) in [5.41, 5.74) is -0.588. The summed E-state index contributed by atoms with van der Waals surface area (Å²) in [6.45, 7) is 3.72. The number of hydrogen-bond donors (Lipinski definition) is 4. The van der Waals surface area contributed by atoms with Crippen molar-refractivity contribution in [3.05, 3.63) is 28.8 Å². The number of aliphatic hydroxyl groups excluding tert-OH is 1. The van der Waals surface area contributed by atoms with Crippen molar-refractivity contribution in [2.75, 3.05) is 20.3 Å². The number of methoxy groups -OCH3 is 1. The third kappa shape index (κ3) is 6.73. The molecule has 4 N–H and O–H groups in total. The summed E-state index contributed by atoms with van der Waals surface area (Å²) in [5, 5.41) is 18.0. The molecule has 0 spiro atoms. The third-order valence-corrected chi connectivity index (χ3v) is 7.55. The number of unbranched alkanes of at least 4 members (excludes halogenated alkanes) is 1. The van der Waals surface area contributed by atoms with Gasteiger partial charge in [-0.15, -0.1) is 0 Å². The normalized spacial score (nSPS) is 26.9. The number of amides is 4. The molecule has 1 aromatic rings. The zero-order valence-electron chi connectivity index (χ0n) is 21.6. The quantitative estimate of drug-likeness (QED) is 0.370. The fourth-order valence-electron chi connectivity index (χ4n) is 4.75. The van der Waals surface area contributed by atoms with Gasteiger partial charge in [0.2, 0.25) is 23.6 Å². The number of aliphatic hydroxyl groups is 1. The van der Waals surface area contributed by atoms with E-state index in [1.807, 2.05) is 0 Å². The molecule has 3 rings (SSSR count). The van der Waals surface area contributed by atoms with Gasteiger partial charge in [0.1, 0.15) is 29.4 Å². The smallest absolute Gasteiger partial charge is 0.246 e. The average Bonchev–Trinajstić information content (AvgIpc) is 3.37. The second-order valence-electron chi connectivity index (χ2n) is 9.84. The number of nitrogens with one attached hydrogen (secondary N) is 3. The average molecular weight is 537 g/mol. The predicted octanol–water partition coefficient (Wildman–Crippen LogP) is 1.31. The second-order valence-corrected chi connectivity index (χ2v) is 10.3. The van der Waals surface area contributed by atoms with E-state index in [-0.39, 0.29) is 25.4 Å². The van der Waals surface area contributed by atoms with Crippen LogP contribution < -0.4 is 20.7 Å². The molecule has 0 radical (unpaired) electrons. The van der Waals surface area contributed by atoms with Crippen LogP contribution in [0.5, 0.6) is 5.75 Å². The fourth-order valence-corrected chi connectivity index (χ4v) is 4.94. The van der Waals surface area contributed by atoms with Gasteiger partial charge in [0, 0.05) is 19.6 Å². The van der Waals surface area contributed by atoms with E-state index in [2.05, 4.69) is 16.0 Å². The molecular weight excluding hydrogens is 500 g/mol. The van der Waals surface area contributed by atoms with Crippen LogP contribution in [0, 0.1) is 0 Å². The number of halogens is 1. The molecule has 0 aliphatic carbocycles. The van der Waals surface area contributed by atoms with Gasteiger partial charge in [-0.2, -0.15) is 0 Å². The van der Waals surface area contributed by atoms with Gasteiger partial charge >= 0.3 is 0 Å². The number of nitrogens with zero attached hydrogens (tertiary/aromatic N) is 1. The number of carbonyl (C=O) groups excluding carboxylic acids is 4. The Morgan fingerprint density at radius 2 is 1.89 bits per heavy atom. The minimum atomic E-state index is -1.31. The molecule has 204 valence electrons. The van der Waals surface area contributed by atoms with Crippen LogP contribution in [0.4, 0.5) is 0 Å². The molecule has 2 fully saturated rings. The van der Waals surface area contributed by atoms with E-state index < -0.39 is 41.4 Å². The molecule has 4 amide bonds. The van der Waals surface area contributed by atoms with E-state index >= 15 is 0 Å². The standard InChI is InChI=1S/C26H37ClN4O6/c1-4-26(2)25(36)29-19(14-16-10-11-17(27)21(15-16)37-3)24(35)31-12-7-9-20(31)23(34)28-18(22(33)30-26)8-5-6-13-32/h10-11,15,18-20,32H,4-9,12-14H2,1-3H3,(H,28,34)(H,29,36)(H,30,33)/t18-,19-,20+,26-/m0/s1. The van der Waals surface area contributed by atoms with Crippen LogP contribution in [0.2, 0.25) is 5.02 Å². The molecule has 11 heteroatoms. The molecule has 2 aliphatic heterocycles. The fraction of sp³-hybridized carbons (Fsp3) is 0.615. The molecule has 0 saturated carbocycles. The zero-order chi connectivity index (χ0) is 27.2. The summed E-state index contributed by atoms with van der Waals surface area (Å²) in [4.78, 5) is 55.3. The molecule has 0 bridgehead atoms. The lowest BCUT2D eigenvalue weighted by molar-refractivity contribution is -0.144. The van der Waals surface area contributed by atoms with Gasteiger partial charge in [0.15, 0.2) is 0 Å². The highest BCUT2D eigenvalue weighted by molar-refractivity contribution is 6.32. The maximum absolute atomic E-state index is 13.8. The van der Waals surface area contributed by atoms with Gasteiger partial charge < -0.3 is 30.7 Å². The van der Waals surface area contributed by atoms with Crippen molar-refractivity contribution in [2.45, 2.75) is 82.5 Å². The van der Waals surface area contributed by atoms with Gasteiger partial charge in [0.25, 0.3) is 0 Å². The Kier molecular flexibility index (Phi) is 9.78. The van der Waals surface area contributed by atoms with Crippen molar-refractivity contribution >= 4 is 35.2 Å². The van der Waals surface area contributed by atoms with Crippen LogP contribution in [-0.2, 0) is 25.6 Å². The van der Waals surface area contributed by atoms with E-state index in [4.69, 9.17) is 21.4 Å². The molecule has 0 aromatic heterocycles. The number of fused-ring (bicyclic) bond motifs is 1. The van der Waals surface area contributed by atoms with Crippen molar-refractivity contribution in [2.24, 2.45) is 0 Å². The van der Waals surface area contributed by atoms with Gasteiger partial charge in [-0.1, -0.05) is 24.6 Å². The maximum Gasteiger partial charge on any atom is 0.246 e. The SMILES string of the molecule is CC[C@]1(C)NC(=O)[C@H](CCCCO)NC(=O)[C@H]2CCCN2C(=O)[C@H](Cc2ccc(Cl)c(OC)c2)NC1=O. The number of hydrogen-bond acceptors (Lipinski definition) is 6. The third-order valence-electron chi connectivity index (χ3n) is 7.24. The minimum absolute atomic E-state index is 0.0246. The molecule has 1 aromatic carbocycles. The first-order valence-corrected chi connectivity index (χ1v) is 13.2. The summed E-state index contributed by atoms with van der Waals surface area (Å²) in [6.07, 6.45) is 2.82. The first-order valence-electron chi connectivity index (χ1n) is 12.8. The summed E-state index contributed by atoms with van der Waals surface area (Å²) in [6, 6.07) is 2.55. The summed E-state index contributed by atoms with van der Waals surface area (Å²) in [7, 11) is 1.49. The Morgan fingerprint density at radius 1 is 1.14 bits per heavy atom. The topological polar surface area (TPSA) is 137 Å². The summed E-state index contributed by atoms with van der Waals surface area (Å²) < 4.78 is 5.30. The highest BCUT2D eigenvalue weighted by Gasteiger charge is 2.43. The van der Waals surface area contributed by atoms with Crippen molar-refractivity contribution in [3.63, 3.8) is 0 Å². The molecule has 2 aliphatic rings. The van der Waals surface area contributed by atoms with Crippen LogP contribution in [0.15, 0.2) is 18.2 Å². The van der Waals surface area contributed by atoms with E-state index in [1.165, 1.54) is 12.0 Å². The van der Waals surface area contributed by atoms with E-state index in [0.29, 0.717) is 49.4 Å².